The van der Waals surface area contributed by atoms with Crippen LogP contribution in [-0.2, 0) is 16.0 Å². The van der Waals surface area contributed by atoms with Gasteiger partial charge < -0.3 is 20.0 Å². The molecule has 1 aromatic heterocycles. The summed E-state index contributed by atoms with van der Waals surface area (Å²) in [6, 6.07) is -1.02. The number of nitrogens with one attached hydrogen (secondary N) is 2. The number of nitrogens with zero attached hydrogens (tertiary/aromatic N) is 2. The number of fused-ring (bicyclic) bond motifs is 1. The van der Waals surface area contributed by atoms with Crippen molar-refractivity contribution in [2.45, 2.75) is 52.3 Å². The number of rotatable bonds is 9. The lowest BCUT2D eigenvalue weighted by Crippen LogP contribution is -2.44. The Balaban J connectivity index is 2.42. The number of alkyl halides is 5. The first-order chi connectivity index (χ1) is 16.4. The lowest BCUT2D eigenvalue weighted by atomic mass is 9.96. The molecule has 1 unspecified atom stereocenters. The Morgan fingerprint density at radius 3 is 2.66 bits per heavy atom. The van der Waals surface area contributed by atoms with Gasteiger partial charge in [0.25, 0.3) is 12.3 Å². The summed E-state index contributed by atoms with van der Waals surface area (Å²) in [7, 11) is 0. The third-order valence-electron chi connectivity index (χ3n) is 5.35. The first kappa shape index (κ1) is 27.7. The monoisotopic (exact) mass is 498 g/mol. The van der Waals surface area contributed by atoms with Crippen LogP contribution in [0.5, 0.6) is 0 Å². The number of hydrogen-bond donors (Lipinski definition) is 2. The third kappa shape index (κ3) is 6.77. The molecule has 11 heteroatoms. The Labute approximate surface area is 200 Å². The largest absolute Gasteiger partial charge is 0.460 e. The van der Waals surface area contributed by atoms with Gasteiger partial charge in [0.2, 0.25) is 0 Å². The van der Waals surface area contributed by atoms with E-state index in [1.54, 1.807) is 6.92 Å². The van der Waals surface area contributed by atoms with Crippen LogP contribution in [0.2, 0.25) is 0 Å². The standard InChI is InChI=1S/C24H27F5N4O2/c1-5-16(24(27,28)29)9-7-8-14(3)12-17(30)20-19-18(31-13-32-19)10-11-33(20)23(34)21(35-6-2)15(4)22(25)26/h6-9,12-13,20,22,30H,2,5,10-11H2,1,3-4H3,(H,31,32)/b8-7-,14-12+,16-9+,21-15+,30-17?. The Kier molecular flexibility index (Phi) is 9.32. The zero-order valence-corrected chi connectivity index (χ0v) is 19.5. The van der Waals surface area contributed by atoms with E-state index in [2.05, 4.69) is 16.5 Å². The number of hydrogen-bond acceptors (Lipinski definition) is 4. The van der Waals surface area contributed by atoms with Crippen molar-refractivity contribution in [3.63, 3.8) is 0 Å². The van der Waals surface area contributed by atoms with E-state index in [1.165, 1.54) is 36.4 Å². The highest BCUT2D eigenvalue weighted by Gasteiger charge is 2.38. The van der Waals surface area contributed by atoms with Gasteiger partial charge in [0.1, 0.15) is 6.04 Å². The van der Waals surface area contributed by atoms with Crippen LogP contribution in [0.4, 0.5) is 22.0 Å². The van der Waals surface area contributed by atoms with Gasteiger partial charge in [-0.25, -0.2) is 13.8 Å². The normalized spacial score (nSPS) is 18.0. The van der Waals surface area contributed by atoms with Gasteiger partial charge in [-0.1, -0.05) is 31.7 Å². The average Bonchev–Trinajstić information content (AvgIpc) is 3.26. The van der Waals surface area contributed by atoms with Crippen LogP contribution >= 0.6 is 0 Å². The summed E-state index contributed by atoms with van der Waals surface area (Å²) < 4.78 is 70.3. The minimum Gasteiger partial charge on any atom is -0.460 e. The molecular weight excluding hydrogens is 471 g/mol. The van der Waals surface area contributed by atoms with Gasteiger partial charge in [-0.05, 0) is 31.9 Å². The van der Waals surface area contributed by atoms with Gasteiger partial charge in [0.15, 0.2) is 5.76 Å². The molecule has 1 atom stereocenters. The molecule has 0 radical (unpaired) electrons. The second-order valence-corrected chi connectivity index (χ2v) is 7.76. The van der Waals surface area contributed by atoms with Crippen LogP contribution < -0.4 is 0 Å². The van der Waals surface area contributed by atoms with E-state index in [0.717, 1.165) is 19.3 Å². The maximum absolute atomic E-state index is 13.3. The number of carbonyl (C=O) groups is 1. The molecule has 1 amide bonds. The summed E-state index contributed by atoms with van der Waals surface area (Å²) in [6.07, 6.45) is 0.0562. The van der Waals surface area contributed by atoms with Gasteiger partial charge in [0, 0.05) is 29.8 Å². The predicted octanol–water partition coefficient (Wildman–Crippen LogP) is 5.96. The number of halogens is 5. The fourth-order valence-corrected chi connectivity index (χ4v) is 3.54. The smallest absolute Gasteiger partial charge is 0.412 e. The van der Waals surface area contributed by atoms with Crippen LogP contribution in [0.1, 0.15) is 44.6 Å². The fraction of sp³-hybridized carbons (Fsp3) is 0.375. The summed E-state index contributed by atoms with van der Waals surface area (Å²) in [5.41, 5.74) is 0.133. The van der Waals surface area contributed by atoms with Gasteiger partial charge in [0.05, 0.1) is 24.0 Å². The second kappa shape index (κ2) is 11.8. The van der Waals surface area contributed by atoms with Crippen molar-refractivity contribution in [3.05, 3.63) is 77.3 Å². The molecule has 6 nitrogen and oxygen atoms in total. The summed E-state index contributed by atoms with van der Waals surface area (Å²) >= 11 is 0. The highest BCUT2D eigenvalue weighted by atomic mass is 19.4. The Morgan fingerprint density at radius 1 is 1.40 bits per heavy atom. The highest BCUT2D eigenvalue weighted by molar-refractivity contribution is 6.03. The molecule has 0 saturated heterocycles. The molecule has 2 rings (SSSR count). The van der Waals surface area contributed by atoms with Crippen molar-refractivity contribution >= 4 is 11.6 Å². The summed E-state index contributed by atoms with van der Waals surface area (Å²) in [5, 5.41) is 8.62. The van der Waals surface area contributed by atoms with E-state index < -0.39 is 41.5 Å². The molecule has 1 aromatic rings. The van der Waals surface area contributed by atoms with Crippen molar-refractivity contribution < 1.29 is 31.5 Å². The van der Waals surface area contributed by atoms with Crippen molar-refractivity contribution in [1.29, 1.82) is 5.41 Å². The molecule has 2 N–H and O–H groups in total. The molecule has 2 heterocycles. The van der Waals surface area contributed by atoms with Gasteiger partial charge in [-0.3, -0.25) is 4.79 Å². The lowest BCUT2D eigenvalue weighted by molar-refractivity contribution is -0.131. The maximum atomic E-state index is 13.3. The van der Waals surface area contributed by atoms with E-state index in [0.29, 0.717) is 23.4 Å². The zero-order valence-electron chi connectivity index (χ0n) is 19.5. The first-order valence-electron chi connectivity index (χ1n) is 10.7. The molecule has 0 spiro atoms. The molecule has 0 aromatic carbocycles. The maximum Gasteiger partial charge on any atom is 0.412 e. The quantitative estimate of drug-likeness (QED) is 0.145. The number of allylic oxidation sites excluding steroid dienone is 6. The molecule has 190 valence electrons. The number of ether oxygens (including phenoxy) is 1. The minimum atomic E-state index is -4.43. The number of carbonyl (C=O) groups excluding carboxylic acids is 1. The van der Waals surface area contributed by atoms with Crippen LogP contribution in [-0.4, -0.2) is 45.6 Å². The third-order valence-corrected chi connectivity index (χ3v) is 5.35. The van der Waals surface area contributed by atoms with E-state index in [1.807, 2.05) is 0 Å². The van der Waals surface area contributed by atoms with Crippen LogP contribution in [0.3, 0.4) is 0 Å². The molecule has 1 aliphatic heterocycles. The minimum absolute atomic E-state index is 0.0957. The SMILES string of the molecule is C=CO/C(C(=O)N1CCc2[nH]cnc2C1C(=N)/C=C(C)/C=C\C=C(/CC)C(F)(F)F)=C(\C)C(F)F. The van der Waals surface area contributed by atoms with E-state index in [-0.39, 0.29) is 18.7 Å². The van der Waals surface area contributed by atoms with Crippen molar-refractivity contribution in [3.8, 4) is 0 Å². The topological polar surface area (TPSA) is 82.1 Å². The van der Waals surface area contributed by atoms with Crippen molar-refractivity contribution in [2.75, 3.05) is 6.54 Å². The van der Waals surface area contributed by atoms with Crippen LogP contribution in [0.25, 0.3) is 0 Å². The molecule has 0 fully saturated rings. The Morgan fingerprint density at radius 2 is 2.09 bits per heavy atom. The fourth-order valence-electron chi connectivity index (χ4n) is 3.54. The Bertz CT molecular complexity index is 1080. The molecule has 0 saturated carbocycles. The van der Waals surface area contributed by atoms with Crippen LogP contribution in [0, 0.1) is 5.41 Å². The zero-order chi connectivity index (χ0) is 26.3. The van der Waals surface area contributed by atoms with E-state index in [4.69, 9.17) is 10.1 Å². The summed E-state index contributed by atoms with van der Waals surface area (Å²) in [5.74, 6) is -1.44. The number of aromatic nitrogens is 2. The molecule has 0 aliphatic carbocycles. The number of amides is 1. The number of aromatic amines is 1. The average molecular weight is 498 g/mol. The van der Waals surface area contributed by atoms with Crippen LogP contribution in [0.15, 0.2) is 66.0 Å². The van der Waals surface area contributed by atoms with Gasteiger partial charge in [-0.15, -0.1) is 0 Å². The molecular formula is C24H27F5N4O2. The molecule has 1 aliphatic rings. The first-order valence-corrected chi connectivity index (χ1v) is 10.7. The lowest BCUT2D eigenvalue weighted by Gasteiger charge is -2.35. The molecule has 35 heavy (non-hydrogen) atoms. The van der Waals surface area contributed by atoms with E-state index in [9.17, 15) is 26.7 Å². The van der Waals surface area contributed by atoms with Crippen molar-refractivity contribution in [2.24, 2.45) is 0 Å². The molecule has 0 bridgehead atoms. The van der Waals surface area contributed by atoms with Crippen molar-refractivity contribution in [1.82, 2.24) is 14.9 Å². The number of H-pyrrole nitrogens is 1. The van der Waals surface area contributed by atoms with E-state index >= 15 is 0 Å². The predicted molar refractivity (Wildman–Crippen MR) is 122 cm³/mol. The number of imidazole rings is 1. The second-order valence-electron chi connectivity index (χ2n) is 7.76. The summed E-state index contributed by atoms with van der Waals surface area (Å²) in [6.45, 7) is 7.48. The Hall–Kier alpha value is -3.50. The van der Waals surface area contributed by atoms with Gasteiger partial charge in [-0.2, -0.15) is 13.2 Å². The summed E-state index contributed by atoms with van der Waals surface area (Å²) in [4.78, 5) is 21.6. The highest BCUT2D eigenvalue weighted by Crippen LogP contribution is 2.32. The van der Waals surface area contributed by atoms with Gasteiger partial charge >= 0.3 is 6.18 Å².